The van der Waals surface area contributed by atoms with Gasteiger partial charge in [0.05, 0.1) is 11.1 Å². The lowest BCUT2D eigenvalue weighted by Crippen LogP contribution is -2.18. The van der Waals surface area contributed by atoms with Crippen molar-refractivity contribution in [3.8, 4) is 22.5 Å². The molecule has 1 saturated carbocycles. The summed E-state index contributed by atoms with van der Waals surface area (Å²) in [5.74, 6) is -1.37. The van der Waals surface area contributed by atoms with Gasteiger partial charge in [0.2, 0.25) is 0 Å². The van der Waals surface area contributed by atoms with E-state index in [1.807, 2.05) is 18.2 Å². The van der Waals surface area contributed by atoms with Crippen LogP contribution in [0, 0.1) is 18.6 Å². The van der Waals surface area contributed by atoms with Crippen molar-refractivity contribution >= 4 is 22.7 Å². The summed E-state index contributed by atoms with van der Waals surface area (Å²) in [5, 5.41) is 3.12. The van der Waals surface area contributed by atoms with E-state index in [1.54, 1.807) is 43.5 Å². The fourth-order valence-electron chi connectivity index (χ4n) is 5.40. The van der Waals surface area contributed by atoms with Crippen molar-refractivity contribution in [1.29, 1.82) is 0 Å². The molecule has 0 bridgehead atoms. The van der Waals surface area contributed by atoms with Gasteiger partial charge in [0.25, 0.3) is 5.91 Å². The van der Waals surface area contributed by atoms with Crippen molar-refractivity contribution in [3.63, 3.8) is 0 Å². The Balaban J connectivity index is 1.42. The van der Waals surface area contributed by atoms with Crippen molar-refractivity contribution < 1.29 is 22.8 Å². The monoisotopic (exact) mass is 536 g/mol. The summed E-state index contributed by atoms with van der Waals surface area (Å²) in [6, 6.07) is 19.7. The summed E-state index contributed by atoms with van der Waals surface area (Å²) in [5.41, 5.74) is 3.25. The van der Waals surface area contributed by atoms with Gasteiger partial charge in [-0.1, -0.05) is 18.2 Å². The molecule has 1 aliphatic carbocycles. The van der Waals surface area contributed by atoms with Gasteiger partial charge in [-0.15, -0.1) is 0 Å². The summed E-state index contributed by atoms with van der Waals surface area (Å²) in [6.07, 6.45) is 3.58. The second-order valence-electron chi connectivity index (χ2n) is 10.3. The number of benzene rings is 3. The number of fused-ring (bicyclic) bond motifs is 1. The van der Waals surface area contributed by atoms with Gasteiger partial charge in [0, 0.05) is 47.3 Å². The Bertz CT molecular complexity index is 1770. The van der Waals surface area contributed by atoms with Crippen LogP contribution in [-0.2, 0) is 5.41 Å². The molecule has 6 rings (SSSR count). The number of nitrogens with one attached hydrogen (secondary N) is 1. The third-order valence-corrected chi connectivity index (χ3v) is 7.75. The Kier molecular flexibility index (Phi) is 6.29. The normalized spacial score (nSPS) is 13.8. The molecule has 7 heteroatoms. The highest BCUT2D eigenvalue weighted by Gasteiger charge is 2.47. The molecular weight excluding hydrogens is 510 g/mol. The molecule has 1 fully saturated rings. The number of ketones is 1. The van der Waals surface area contributed by atoms with E-state index in [-0.39, 0.29) is 40.4 Å². The quantitative estimate of drug-likeness (QED) is 0.220. The van der Waals surface area contributed by atoms with E-state index in [9.17, 15) is 14.0 Å². The van der Waals surface area contributed by atoms with E-state index in [4.69, 9.17) is 4.42 Å². The first-order valence-electron chi connectivity index (χ1n) is 13.1. The zero-order valence-corrected chi connectivity index (χ0v) is 22.1. The lowest BCUT2D eigenvalue weighted by atomic mass is 9.89. The maximum Gasteiger partial charge on any atom is 0.255 e. The predicted octanol–water partition coefficient (Wildman–Crippen LogP) is 7.41. The smallest absolute Gasteiger partial charge is 0.255 e. The van der Waals surface area contributed by atoms with E-state index in [0.29, 0.717) is 33.2 Å². The number of Topliss-reactive ketones (excluding diaryl/α,β-unsaturated/α-hetero) is 1. The highest BCUT2D eigenvalue weighted by Crippen LogP contribution is 2.51. The molecule has 0 unspecified atom stereocenters. The molecule has 2 heterocycles. The minimum absolute atomic E-state index is 0.0358. The molecule has 5 nitrogen and oxygen atoms in total. The van der Waals surface area contributed by atoms with Gasteiger partial charge in [-0.05, 0) is 85.5 Å². The van der Waals surface area contributed by atoms with Crippen LogP contribution in [0.5, 0.6) is 0 Å². The van der Waals surface area contributed by atoms with Crippen molar-refractivity contribution in [2.24, 2.45) is 0 Å². The van der Waals surface area contributed by atoms with Gasteiger partial charge in [-0.25, -0.2) is 8.78 Å². The van der Waals surface area contributed by atoms with Crippen LogP contribution in [0.3, 0.4) is 0 Å². The van der Waals surface area contributed by atoms with Gasteiger partial charge < -0.3 is 9.73 Å². The van der Waals surface area contributed by atoms with E-state index in [0.717, 1.165) is 18.5 Å². The summed E-state index contributed by atoms with van der Waals surface area (Å²) >= 11 is 0. The van der Waals surface area contributed by atoms with Crippen LogP contribution < -0.4 is 5.32 Å². The third-order valence-electron chi connectivity index (χ3n) is 7.75. The molecule has 1 amide bonds. The molecule has 1 aliphatic rings. The lowest BCUT2D eigenvalue weighted by Gasteiger charge is -2.16. The maximum atomic E-state index is 16.1. The van der Waals surface area contributed by atoms with Crippen molar-refractivity contribution in [3.05, 3.63) is 113 Å². The molecule has 3 aromatic carbocycles. The second-order valence-corrected chi connectivity index (χ2v) is 10.3. The van der Waals surface area contributed by atoms with Gasteiger partial charge >= 0.3 is 0 Å². The Labute approximate surface area is 229 Å². The summed E-state index contributed by atoms with van der Waals surface area (Å²) in [6.45, 7) is 1.78. The summed E-state index contributed by atoms with van der Waals surface area (Å²) in [7, 11) is 1.51. The van der Waals surface area contributed by atoms with Gasteiger partial charge in [0.1, 0.15) is 23.0 Å². The predicted molar refractivity (Wildman–Crippen MR) is 149 cm³/mol. The first-order chi connectivity index (χ1) is 19.3. The number of aromatic nitrogens is 1. The van der Waals surface area contributed by atoms with Crippen molar-refractivity contribution in [1.82, 2.24) is 10.3 Å². The number of halogens is 2. The van der Waals surface area contributed by atoms with Crippen LogP contribution in [0.4, 0.5) is 8.78 Å². The first-order valence-corrected chi connectivity index (χ1v) is 13.1. The maximum absolute atomic E-state index is 16.1. The van der Waals surface area contributed by atoms with Crippen LogP contribution in [0.15, 0.2) is 83.4 Å². The minimum atomic E-state index is -0.593. The Morgan fingerprint density at radius 2 is 1.73 bits per heavy atom. The highest BCUT2D eigenvalue weighted by molar-refractivity contribution is 6.12. The minimum Gasteiger partial charge on any atom is -0.455 e. The van der Waals surface area contributed by atoms with Gasteiger partial charge in [0.15, 0.2) is 5.78 Å². The molecule has 5 aromatic rings. The van der Waals surface area contributed by atoms with Crippen molar-refractivity contribution in [2.45, 2.75) is 31.6 Å². The van der Waals surface area contributed by atoms with Crippen LogP contribution in [0.1, 0.15) is 51.2 Å². The number of carbonyl (C=O) groups excluding carboxylic acids is 2. The Hall–Kier alpha value is -4.65. The van der Waals surface area contributed by atoms with Gasteiger partial charge in [-0.3, -0.25) is 14.6 Å². The molecule has 0 radical (unpaired) electrons. The number of pyridine rings is 1. The third kappa shape index (κ3) is 4.37. The fourth-order valence-corrected chi connectivity index (χ4v) is 5.40. The molecule has 40 heavy (non-hydrogen) atoms. The number of furan rings is 1. The molecule has 200 valence electrons. The topological polar surface area (TPSA) is 72.2 Å². The zero-order chi connectivity index (χ0) is 28.0. The van der Waals surface area contributed by atoms with Crippen LogP contribution in [0.25, 0.3) is 33.4 Å². The molecule has 1 N–H and O–H groups in total. The van der Waals surface area contributed by atoms with Crippen LogP contribution in [-0.4, -0.2) is 23.7 Å². The largest absolute Gasteiger partial charge is 0.455 e. The number of amides is 1. The van der Waals surface area contributed by atoms with E-state index in [2.05, 4.69) is 10.3 Å². The Morgan fingerprint density at radius 1 is 0.975 bits per heavy atom. The molecule has 0 atom stereocenters. The average Bonchev–Trinajstić information content (AvgIpc) is 3.65. The van der Waals surface area contributed by atoms with E-state index < -0.39 is 11.6 Å². The number of hydrogen-bond donors (Lipinski definition) is 1. The number of rotatable bonds is 7. The SMILES string of the molecule is CNC(=O)c1c(-c2ccc(F)cc2)oc2ccc(-c3c(C)ccc(C(=O)CC4(c5ccccn5)CC4)c3F)cc12. The van der Waals surface area contributed by atoms with E-state index >= 15 is 4.39 Å². The molecule has 0 spiro atoms. The average molecular weight is 537 g/mol. The first kappa shape index (κ1) is 25.6. The fraction of sp³-hybridized carbons (Fsp3) is 0.182. The lowest BCUT2D eigenvalue weighted by molar-refractivity contribution is 0.0956. The van der Waals surface area contributed by atoms with E-state index in [1.165, 1.54) is 31.3 Å². The molecule has 2 aromatic heterocycles. The highest BCUT2D eigenvalue weighted by atomic mass is 19.1. The van der Waals surface area contributed by atoms with Crippen LogP contribution >= 0.6 is 0 Å². The molecule has 0 saturated heterocycles. The number of aryl methyl sites for hydroxylation is 1. The summed E-state index contributed by atoms with van der Waals surface area (Å²) in [4.78, 5) is 30.8. The summed E-state index contributed by atoms with van der Waals surface area (Å²) < 4.78 is 35.7. The second kappa shape index (κ2) is 9.83. The zero-order valence-electron chi connectivity index (χ0n) is 22.1. The van der Waals surface area contributed by atoms with Crippen molar-refractivity contribution in [2.75, 3.05) is 7.05 Å². The molecule has 0 aliphatic heterocycles. The number of nitrogens with zero attached hydrogens (tertiary/aromatic N) is 1. The standard InChI is InChI=1S/C33H26F2N2O3/c1-19-6-12-23(25(38)18-33(14-15-33)27-5-3-4-16-37-27)30(35)28(19)21-9-13-26-24(17-21)29(32(39)36-2)31(40-26)20-7-10-22(34)11-8-20/h3-13,16-17H,14-15,18H2,1-2H3,(H,36,39). The molecular formula is C33H26F2N2O3. The Morgan fingerprint density at radius 3 is 2.40 bits per heavy atom. The number of hydrogen-bond acceptors (Lipinski definition) is 4. The number of carbonyl (C=O) groups is 2. The van der Waals surface area contributed by atoms with Gasteiger partial charge in [-0.2, -0.15) is 0 Å². The van der Waals surface area contributed by atoms with Crippen LogP contribution in [0.2, 0.25) is 0 Å².